The molecule has 0 fully saturated rings. The zero-order valence-electron chi connectivity index (χ0n) is 17.7. The van der Waals surface area contributed by atoms with E-state index in [1.54, 1.807) is 0 Å². The maximum atomic E-state index is 6.02. The molecule has 0 aliphatic carbocycles. The minimum Gasteiger partial charge on any atom is -0.345 e. The number of aromatic amines is 1. The van der Waals surface area contributed by atoms with Crippen molar-refractivity contribution >= 4 is 0 Å². The van der Waals surface area contributed by atoms with Crippen LogP contribution in [0.15, 0.2) is 6.20 Å². The van der Waals surface area contributed by atoms with Gasteiger partial charge in [0.1, 0.15) is 5.82 Å². The average Bonchev–Trinajstić information content (AvgIpc) is 3.13. The van der Waals surface area contributed by atoms with Crippen molar-refractivity contribution < 1.29 is 0 Å². The Morgan fingerprint density at radius 2 is 1.23 bits per heavy atom. The van der Waals surface area contributed by atoms with Gasteiger partial charge in [0, 0.05) is 18.7 Å². The zero-order chi connectivity index (χ0) is 18.9. The summed E-state index contributed by atoms with van der Waals surface area (Å²) < 4.78 is 0. The summed E-state index contributed by atoms with van der Waals surface area (Å²) >= 11 is 0. The zero-order valence-corrected chi connectivity index (χ0v) is 17.7. The highest BCUT2D eigenvalue weighted by Gasteiger charge is 2.06. The minimum absolute atomic E-state index is 0.109. The highest BCUT2D eigenvalue weighted by Crippen LogP contribution is 2.15. The number of hydrogen-bond acceptors (Lipinski definition) is 2. The lowest BCUT2D eigenvalue weighted by Crippen LogP contribution is -2.08. The summed E-state index contributed by atoms with van der Waals surface area (Å²) in [7, 11) is 0. The summed E-state index contributed by atoms with van der Waals surface area (Å²) in [4.78, 5) is 7.83. The van der Waals surface area contributed by atoms with E-state index in [1.807, 2.05) is 6.20 Å². The highest BCUT2D eigenvalue weighted by molar-refractivity contribution is 5.05. The molecule has 0 bridgehead atoms. The third-order valence-corrected chi connectivity index (χ3v) is 5.50. The predicted octanol–water partition coefficient (Wildman–Crippen LogP) is 7.23. The lowest BCUT2D eigenvalue weighted by atomic mass is 10.0. The fourth-order valence-electron chi connectivity index (χ4n) is 3.58. The van der Waals surface area contributed by atoms with Crippen LogP contribution >= 0.6 is 0 Å². The topological polar surface area (TPSA) is 54.7 Å². The number of nitrogens with one attached hydrogen (secondary N) is 1. The Morgan fingerprint density at radius 1 is 0.769 bits per heavy atom. The fraction of sp³-hybridized carbons (Fsp3) is 0.870. The smallest absolute Gasteiger partial charge is 0.106 e. The van der Waals surface area contributed by atoms with Gasteiger partial charge >= 0.3 is 0 Å². The van der Waals surface area contributed by atoms with Crippen molar-refractivity contribution in [3.8, 4) is 0 Å². The van der Waals surface area contributed by atoms with Gasteiger partial charge in [-0.25, -0.2) is 4.98 Å². The number of rotatable bonds is 18. The second kappa shape index (κ2) is 16.4. The van der Waals surface area contributed by atoms with E-state index in [-0.39, 0.29) is 6.04 Å². The summed E-state index contributed by atoms with van der Waals surface area (Å²) in [5.41, 5.74) is 7.11. The van der Waals surface area contributed by atoms with Gasteiger partial charge in [0.25, 0.3) is 0 Å². The van der Waals surface area contributed by atoms with Crippen molar-refractivity contribution in [3.63, 3.8) is 0 Å². The van der Waals surface area contributed by atoms with Gasteiger partial charge in [0.15, 0.2) is 0 Å². The Bertz CT molecular complexity index is 413. The quantitative estimate of drug-likeness (QED) is 0.270. The first-order chi connectivity index (χ1) is 12.8. The van der Waals surface area contributed by atoms with Crippen LogP contribution in [-0.2, 0) is 6.42 Å². The van der Waals surface area contributed by atoms with Crippen LogP contribution < -0.4 is 5.73 Å². The summed E-state index contributed by atoms with van der Waals surface area (Å²) in [5.74, 6) is 1.11. The maximum Gasteiger partial charge on any atom is 0.106 e. The van der Waals surface area contributed by atoms with Crippen molar-refractivity contribution in [3.05, 3.63) is 17.7 Å². The molecule has 3 nitrogen and oxygen atoms in total. The number of hydrogen-bond donors (Lipinski definition) is 2. The lowest BCUT2D eigenvalue weighted by Gasteiger charge is -2.04. The van der Waals surface area contributed by atoms with Crippen LogP contribution in [0.3, 0.4) is 0 Å². The molecule has 1 rings (SSSR count). The van der Waals surface area contributed by atoms with E-state index >= 15 is 0 Å². The predicted molar refractivity (Wildman–Crippen MR) is 114 cm³/mol. The molecule has 26 heavy (non-hydrogen) atoms. The molecule has 3 N–H and O–H groups in total. The second-order valence-electron chi connectivity index (χ2n) is 8.00. The summed E-state index contributed by atoms with van der Waals surface area (Å²) in [5, 5.41) is 0. The number of aryl methyl sites for hydroxylation is 1. The normalized spacial score (nSPS) is 12.6. The molecule has 152 valence electrons. The first-order valence-corrected chi connectivity index (χ1v) is 11.6. The van der Waals surface area contributed by atoms with E-state index in [2.05, 4.69) is 23.8 Å². The van der Waals surface area contributed by atoms with Gasteiger partial charge in [-0.3, -0.25) is 0 Å². The van der Waals surface area contributed by atoms with E-state index in [0.717, 1.165) is 24.4 Å². The molecule has 0 amide bonds. The van der Waals surface area contributed by atoms with E-state index in [4.69, 9.17) is 5.73 Å². The average molecular weight is 364 g/mol. The third-order valence-electron chi connectivity index (χ3n) is 5.50. The molecular formula is C23H45N3. The molecule has 0 aliphatic heterocycles. The van der Waals surface area contributed by atoms with Crippen molar-refractivity contribution in [1.29, 1.82) is 0 Å². The Labute approximate surface area is 162 Å². The Kier molecular flexibility index (Phi) is 14.6. The first-order valence-electron chi connectivity index (χ1n) is 11.6. The van der Waals surface area contributed by atoms with Gasteiger partial charge in [-0.2, -0.15) is 0 Å². The van der Waals surface area contributed by atoms with Crippen LogP contribution in [0, 0.1) is 0 Å². The number of H-pyrrole nitrogens is 1. The molecule has 0 spiro atoms. The van der Waals surface area contributed by atoms with Crippen LogP contribution in [0.25, 0.3) is 0 Å². The van der Waals surface area contributed by atoms with Gasteiger partial charge < -0.3 is 10.7 Å². The molecule has 0 aliphatic rings. The number of imidazole rings is 1. The van der Waals surface area contributed by atoms with E-state index < -0.39 is 0 Å². The van der Waals surface area contributed by atoms with Crippen LogP contribution in [-0.4, -0.2) is 9.97 Å². The molecule has 0 radical (unpaired) electrons. The van der Waals surface area contributed by atoms with Crippen LogP contribution in [0.1, 0.15) is 134 Å². The molecule has 1 atom stereocenters. The monoisotopic (exact) mass is 363 g/mol. The van der Waals surface area contributed by atoms with Crippen LogP contribution in [0.5, 0.6) is 0 Å². The Morgan fingerprint density at radius 3 is 1.69 bits per heavy atom. The van der Waals surface area contributed by atoms with Gasteiger partial charge in [-0.15, -0.1) is 0 Å². The molecule has 3 heteroatoms. The van der Waals surface area contributed by atoms with Crippen LogP contribution in [0.4, 0.5) is 0 Å². The SMILES string of the molecule is CCCCCCCCCCCCCCCCCc1ncc(C(N)CC)[nH]1. The lowest BCUT2D eigenvalue weighted by molar-refractivity contribution is 0.531. The summed E-state index contributed by atoms with van der Waals surface area (Å²) in [6.45, 7) is 4.40. The summed E-state index contributed by atoms with van der Waals surface area (Å²) in [6, 6.07) is 0.109. The van der Waals surface area contributed by atoms with Gasteiger partial charge in [-0.1, -0.05) is 104 Å². The van der Waals surface area contributed by atoms with E-state index in [1.165, 1.54) is 96.3 Å². The molecule has 1 unspecified atom stereocenters. The summed E-state index contributed by atoms with van der Waals surface area (Å²) in [6.07, 6.45) is 25.1. The molecular weight excluding hydrogens is 318 g/mol. The molecule has 1 heterocycles. The molecule has 0 aromatic carbocycles. The Hall–Kier alpha value is -0.830. The highest BCUT2D eigenvalue weighted by atomic mass is 14.9. The van der Waals surface area contributed by atoms with Crippen molar-refractivity contribution in [1.82, 2.24) is 9.97 Å². The molecule has 1 aromatic heterocycles. The van der Waals surface area contributed by atoms with Gasteiger partial charge in [-0.05, 0) is 12.8 Å². The van der Waals surface area contributed by atoms with E-state index in [9.17, 15) is 0 Å². The van der Waals surface area contributed by atoms with Crippen molar-refractivity contribution in [2.24, 2.45) is 5.73 Å². The molecule has 1 aromatic rings. The largest absolute Gasteiger partial charge is 0.345 e. The maximum absolute atomic E-state index is 6.02. The number of aromatic nitrogens is 2. The standard InChI is InChI=1S/C23H45N3/c1-3-5-6-7-8-9-10-11-12-13-14-15-16-17-18-19-23-25-20-22(26-23)21(24)4-2/h20-21H,3-19,24H2,1-2H3,(H,25,26). The van der Waals surface area contributed by atoms with Crippen LogP contribution in [0.2, 0.25) is 0 Å². The Balaban J connectivity index is 1.81. The van der Waals surface area contributed by atoms with Gasteiger partial charge in [0.2, 0.25) is 0 Å². The van der Waals surface area contributed by atoms with Gasteiger partial charge in [0.05, 0.1) is 5.69 Å². The molecule has 0 saturated heterocycles. The minimum atomic E-state index is 0.109. The van der Waals surface area contributed by atoms with Crippen molar-refractivity contribution in [2.45, 2.75) is 129 Å². The van der Waals surface area contributed by atoms with E-state index in [0.29, 0.717) is 0 Å². The number of unbranched alkanes of at least 4 members (excludes halogenated alkanes) is 14. The fourth-order valence-corrected chi connectivity index (χ4v) is 3.58. The third kappa shape index (κ3) is 11.7. The van der Waals surface area contributed by atoms with Crippen molar-refractivity contribution in [2.75, 3.05) is 0 Å². The number of nitrogens with zero attached hydrogens (tertiary/aromatic N) is 1. The number of nitrogens with two attached hydrogens (primary N) is 1. The molecule has 0 saturated carbocycles. The first kappa shape index (κ1) is 23.2. The second-order valence-corrected chi connectivity index (χ2v) is 8.00.